The van der Waals surface area contributed by atoms with Crippen LogP contribution >= 0.6 is 0 Å². The SMILES string of the molecule is COC1C=CC=CC1.[CH]1C=CC=C1.[Rh]. The van der Waals surface area contributed by atoms with Crippen molar-refractivity contribution in [2.75, 3.05) is 7.11 Å². The second-order valence-corrected chi connectivity index (χ2v) is 2.79. The Hall–Kier alpha value is -0.457. The quantitative estimate of drug-likeness (QED) is 0.670. The maximum absolute atomic E-state index is 5.05. The second kappa shape index (κ2) is 9.11. The first-order chi connectivity index (χ1) is 6.43. The molecule has 2 heteroatoms. The van der Waals surface area contributed by atoms with Gasteiger partial charge in [-0.3, -0.25) is 0 Å². The third-order valence-electron chi connectivity index (χ3n) is 1.80. The molecule has 1 nitrogen and oxygen atoms in total. The van der Waals surface area contributed by atoms with Gasteiger partial charge in [0.05, 0.1) is 6.10 Å². The Bertz CT molecular complexity index is 229. The number of allylic oxidation sites excluding steroid dienone is 6. The molecular weight excluding hydrogens is 263 g/mol. The van der Waals surface area contributed by atoms with Crippen molar-refractivity contribution < 1.29 is 24.2 Å². The van der Waals surface area contributed by atoms with Gasteiger partial charge in [0.1, 0.15) is 0 Å². The summed E-state index contributed by atoms with van der Waals surface area (Å²) in [6.45, 7) is 0. The number of ether oxygens (including phenoxy) is 1. The molecule has 0 aliphatic heterocycles. The molecule has 0 aromatic rings. The summed E-state index contributed by atoms with van der Waals surface area (Å²) in [4.78, 5) is 0. The molecule has 0 fully saturated rings. The van der Waals surface area contributed by atoms with Gasteiger partial charge in [-0.05, 0) is 6.42 Å². The molecule has 1 unspecified atom stereocenters. The first kappa shape index (κ1) is 13.5. The number of methoxy groups -OCH3 is 1. The van der Waals surface area contributed by atoms with Crippen LogP contribution in [0.5, 0.6) is 0 Å². The Morgan fingerprint density at radius 2 is 1.71 bits per heavy atom. The van der Waals surface area contributed by atoms with Crippen molar-refractivity contribution in [3.63, 3.8) is 0 Å². The van der Waals surface area contributed by atoms with Gasteiger partial charge in [-0.15, -0.1) is 0 Å². The summed E-state index contributed by atoms with van der Waals surface area (Å²) in [5.74, 6) is 0. The number of hydrogen-bond donors (Lipinski definition) is 0. The van der Waals surface area contributed by atoms with Gasteiger partial charge in [0.25, 0.3) is 0 Å². The zero-order valence-electron chi connectivity index (χ0n) is 8.22. The fourth-order valence-electron chi connectivity index (χ4n) is 1.05. The molecule has 0 saturated carbocycles. The van der Waals surface area contributed by atoms with E-state index in [-0.39, 0.29) is 19.5 Å². The van der Waals surface area contributed by atoms with Gasteiger partial charge in [-0.25, -0.2) is 0 Å². The Balaban J connectivity index is 0.000000246. The molecule has 0 N–H and O–H groups in total. The van der Waals surface area contributed by atoms with E-state index in [4.69, 9.17) is 4.74 Å². The van der Waals surface area contributed by atoms with Crippen LogP contribution in [-0.2, 0) is 24.2 Å². The molecular formula is C12H15ORh. The molecule has 0 aromatic heterocycles. The van der Waals surface area contributed by atoms with E-state index >= 15 is 0 Å². The van der Waals surface area contributed by atoms with Crippen molar-refractivity contribution >= 4 is 0 Å². The minimum Gasteiger partial charge on any atom is -0.377 e. The van der Waals surface area contributed by atoms with Crippen molar-refractivity contribution in [1.29, 1.82) is 0 Å². The predicted octanol–water partition coefficient (Wildman–Crippen LogP) is 2.83. The van der Waals surface area contributed by atoms with Gasteiger partial charge in [-0.2, -0.15) is 0 Å². The summed E-state index contributed by atoms with van der Waals surface area (Å²) in [5.41, 5.74) is 0. The minimum absolute atomic E-state index is 0. The summed E-state index contributed by atoms with van der Waals surface area (Å²) in [6, 6.07) is 0. The third kappa shape index (κ3) is 6.07. The smallest absolute Gasteiger partial charge is 0.0789 e. The fraction of sp³-hybridized carbons (Fsp3) is 0.250. The Labute approximate surface area is 99.0 Å². The first-order valence-electron chi connectivity index (χ1n) is 4.46. The summed E-state index contributed by atoms with van der Waals surface area (Å²) < 4.78 is 5.05. The van der Waals surface area contributed by atoms with E-state index in [0.29, 0.717) is 6.10 Å². The zero-order valence-corrected chi connectivity index (χ0v) is 9.86. The predicted molar refractivity (Wildman–Crippen MR) is 56.3 cm³/mol. The Morgan fingerprint density at radius 1 is 1.00 bits per heavy atom. The minimum atomic E-state index is 0. The van der Waals surface area contributed by atoms with E-state index in [2.05, 4.69) is 12.2 Å². The monoisotopic (exact) mass is 278 g/mol. The van der Waals surface area contributed by atoms with Crippen LogP contribution in [-0.4, -0.2) is 13.2 Å². The van der Waals surface area contributed by atoms with Crippen LogP contribution in [0.2, 0.25) is 0 Å². The molecule has 0 heterocycles. The zero-order chi connectivity index (χ0) is 9.36. The van der Waals surface area contributed by atoms with Crippen LogP contribution in [0.15, 0.2) is 48.6 Å². The van der Waals surface area contributed by atoms with E-state index in [0.717, 1.165) is 6.42 Å². The van der Waals surface area contributed by atoms with E-state index in [1.165, 1.54) is 0 Å². The van der Waals surface area contributed by atoms with Crippen LogP contribution < -0.4 is 0 Å². The summed E-state index contributed by atoms with van der Waals surface area (Å²) in [5, 5.41) is 0. The van der Waals surface area contributed by atoms with Crippen LogP contribution in [0.3, 0.4) is 0 Å². The normalized spacial score (nSPS) is 21.4. The second-order valence-electron chi connectivity index (χ2n) is 2.79. The van der Waals surface area contributed by atoms with Crippen LogP contribution in [0, 0.1) is 6.42 Å². The largest absolute Gasteiger partial charge is 0.377 e. The molecule has 14 heavy (non-hydrogen) atoms. The van der Waals surface area contributed by atoms with E-state index in [1.807, 2.05) is 42.9 Å². The fourth-order valence-corrected chi connectivity index (χ4v) is 1.05. The van der Waals surface area contributed by atoms with Gasteiger partial charge >= 0.3 is 0 Å². The average Bonchev–Trinajstić information content (AvgIpc) is 2.77. The molecule has 0 amide bonds. The van der Waals surface area contributed by atoms with Crippen LogP contribution in [0.4, 0.5) is 0 Å². The molecule has 0 spiro atoms. The Morgan fingerprint density at radius 3 is 2.00 bits per heavy atom. The van der Waals surface area contributed by atoms with Crippen LogP contribution in [0.25, 0.3) is 0 Å². The maximum atomic E-state index is 5.05. The maximum Gasteiger partial charge on any atom is 0.0789 e. The number of rotatable bonds is 1. The van der Waals surface area contributed by atoms with Crippen molar-refractivity contribution in [3.05, 3.63) is 55.0 Å². The summed E-state index contributed by atoms with van der Waals surface area (Å²) in [6.07, 6.45) is 19.5. The molecule has 2 aliphatic rings. The first-order valence-corrected chi connectivity index (χ1v) is 4.46. The van der Waals surface area contributed by atoms with Gasteiger partial charge in [0, 0.05) is 33.0 Å². The third-order valence-corrected chi connectivity index (χ3v) is 1.80. The van der Waals surface area contributed by atoms with Gasteiger partial charge in [-0.1, -0.05) is 48.6 Å². The number of hydrogen-bond acceptors (Lipinski definition) is 1. The molecule has 78 valence electrons. The molecule has 2 radical (unpaired) electrons. The van der Waals surface area contributed by atoms with E-state index in [1.54, 1.807) is 7.11 Å². The van der Waals surface area contributed by atoms with E-state index in [9.17, 15) is 0 Å². The summed E-state index contributed by atoms with van der Waals surface area (Å²) >= 11 is 0. The average molecular weight is 278 g/mol. The van der Waals surface area contributed by atoms with E-state index < -0.39 is 0 Å². The van der Waals surface area contributed by atoms with Gasteiger partial charge < -0.3 is 4.74 Å². The molecule has 0 saturated heterocycles. The van der Waals surface area contributed by atoms with Crippen molar-refractivity contribution in [2.45, 2.75) is 12.5 Å². The van der Waals surface area contributed by atoms with Crippen molar-refractivity contribution in [2.24, 2.45) is 0 Å². The summed E-state index contributed by atoms with van der Waals surface area (Å²) in [7, 11) is 1.73. The Kier molecular flexibility index (Phi) is 8.82. The molecule has 2 rings (SSSR count). The molecule has 0 aromatic carbocycles. The van der Waals surface area contributed by atoms with Crippen LogP contribution in [0.1, 0.15) is 6.42 Å². The van der Waals surface area contributed by atoms with Gasteiger partial charge in [0.2, 0.25) is 0 Å². The van der Waals surface area contributed by atoms with Crippen molar-refractivity contribution in [1.82, 2.24) is 0 Å². The molecule has 0 bridgehead atoms. The standard InChI is InChI=1S/C7H10O.C5H5.Rh/c1-8-7-5-3-2-4-6-7;1-2-4-5-3-1;/h2-5,7H,6H2,1H3;1-5H;. The molecule has 2 aliphatic carbocycles. The van der Waals surface area contributed by atoms with Crippen molar-refractivity contribution in [3.8, 4) is 0 Å². The molecule has 1 atom stereocenters. The topological polar surface area (TPSA) is 9.23 Å². The van der Waals surface area contributed by atoms with Gasteiger partial charge in [0.15, 0.2) is 0 Å².